The number of amidine groups is 1. The van der Waals surface area contributed by atoms with Gasteiger partial charge in [0, 0.05) is 4.47 Å². The molecule has 0 spiro atoms. The van der Waals surface area contributed by atoms with Gasteiger partial charge in [0.05, 0.1) is 23.1 Å². The summed E-state index contributed by atoms with van der Waals surface area (Å²) in [5.74, 6) is 1.64. The van der Waals surface area contributed by atoms with Crippen molar-refractivity contribution in [3.05, 3.63) is 85.1 Å². The fourth-order valence-corrected chi connectivity index (χ4v) is 5.11. The maximum atomic E-state index is 12.7. The van der Waals surface area contributed by atoms with E-state index in [-0.39, 0.29) is 5.91 Å². The number of amides is 1. The van der Waals surface area contributed by atoms with Gasteiger partial charge in [-0.05, 0) is 101 Å². The molecule has 36 heavy (non-hydrogen) atoms. The molecule has 186 valence electrons. The molecule has 1 amide bonds. The van der Waals surface area contributed by atoms with Gasteiger partial charge in [-0.3, -0.25) is 4.79 Å². The number of carbonyl (C=O) groups is 1. The molecule has 6 nitrogen and oxygen atoms in total. The van der Waals surface area contributed by atoms with Crippen LogP contribution >= 0.6 is 43.6 Å². The molecule has 1 heterocycles. The second kappa shape index (κ2) is 12.0. The zero-order valence-electron chi connectivity index (χ0n) is 19.9. The van der Waals surface area contributed by atoms with Crippen LogP contribution in [0.4, 0.5) is 5.69 Å². The molecular weight excluding hydrogens is 608 g/mol. The lowest BCUT2D eigenvalue weighted by molar-refractivity contribution is -0.115. The Morgan fingerprint density at radius 3 is 2.53 bits per heavy atom. The van der Waals surface area contributed by atoms with Crippen molar-refractivity contribution in [2.45, 2.75) is 20.5 Å². The van der Waals surface area contributed by atoms with Crippen LogP contribution in [0.5, 0.6) is 17.2 Å². The number of carbonyl (C=O) groups excluding carboxylic acids is 1. The van der Waals surface area contributed by atoms with Gasteiger partial charge in [0.2, 0.25) is 0 Å². The number of ether oxygens (including phenoxy) is 3. The summed E-state index contributed by atoms with van der Waals surface area (Å²) in [6, 6.07) is 17.4. The van der Waals surface area contributed by atoms with Gasteiger partial charge in [-0.2, -0.15) is 0 Å². The molecule has 1 N–H and O–H groups in total. The van der Waals surface area contributed by atoms with E-state index in [0.717, 1.165) is 25.6 Å². The molecule has 0 aliphatic carbocycles. The van der Waals surface area contributed by atoms with E-state index < -0.39 is 0 Å². The first kappa shape index (κ1) is 26.3. The normalized spacial score (nSPS) is 15.3. The van der Waals surface area contributed by atoms with Crippen molar-refractivity contribution in [3.8, 4) is 17.2 Å². The van der Waals surface area contributed by atoms with E-state index in [4.69, 9.17) is 14.2 Å². The average molecular weight is 632 g/mol. The van der Waals surface area contributed by atoms with E-state index in [9.17, 15) is 4.79 Å². The summed E-state index contributed by atoms with van der Waals surface area (Å²) in [6.45, 7) is 4.77. The molecule has 1 saturated heterocycles. The van der Waals surface area contributed by atoms with Gasteiger partial charge < -0.3 is 19.5 Å². The maximum Gasteiger partial charge on any atom is 0.264 e. The minimum atomic E-state index is -0.213. The van der Waals surface area contributed by atoms with Crippen LogP contribution in [0.1, 0.15) is 23.6 Å². The number of methoxy groups -OCH3 is 1. The molecule has 1 fully saturated rings. The summed E-state index contributed by atoms with van der Waals surface area (Å²) in [5.41, 5.74) is 3.55. The monoisotopic (exact) mass is 630 g/mol. The Bertz CT molecular complexity index is 1340. The highest BCUT2D eigenvalue weighted by Crippen LogP contribution is 2.39. The highest BCUT2D eigenvalue weighted by molar-refractivity contribution is 9.10. The number of benzene rings is 3. The second-order valence-corrected chi connectivity index (χ2v) is 10.6. The van der Waals surface area contributed by atoms with Crippen molar-refractivity contribution in [2.24, 2.45) is 4.99 Å². The lowest BCUT2D eigenvalue weighted by Crippen LogP contribution is -2.19. The van der Waals surface area contributed by atoms with Crippen molar-refractivity contribution >= 4 is 66.5 Å². The summed E-state index contributed by atoms with van der Waals surface area (Å²) in [7, 11) is 1.60. The first-order valence-corrected chi connectivity index (χ1v) is 13.5. The minimum Gasteiger partial charge on any atom is -0.494 e. The molecule has 1 aliphatic rings. The zero-order chi connectivity index (χ0) is 25.7. The Morgan fingerprint density at radius 1 is 1.03 bits per heavy atom. The topological polar surface area (TPSA) is 69.2 Å². The van der Waals surface area contributed by atoms with Gasteiger partial charge in [0.25, 0.3) is 5.91 Å². The zero-order valence-corrected chi connectivity index (χ0v) is 23.9. The first-order chi connectivity index (χ1) is 17.4. The van der Waals surface area contributed by atoms with Gasteiger partial charge >= 0.3 is 0 Å². The van der Waals surface area contributed by atoms with Crippen molar-refractivity contribution in [3.63, 3.8) is 0 Å². The molecule has 0 unspecified atom stereocenters. The standard InChI is InChI=1S/C27H24Br2N2O4S/c1-4-34-23-13-18(12-20(29)25(23)35-15-17-6-8-19(28)9-7-17)14-24-26(32)31-27(36-24)30-21-11-16(2)5-10-22(21)33-3/h5-14H,4,15H2,1-3H3,(H,30,31,32)/b24-14-. The van der Waals surface area contributed by atoms with Gasteiger partial charge in [-0.25, -0.2) is 4.99 Å². The van der Waals surface area contributed by atoms with E-state index in [1.54, 1.807) is 7.11 Å². The van der Waals surface area contributed by atoms with Crippen LogP contribution in [0.25, 0.3) is 6.08 Å². The van der Waals surface area contributed by atoms with Crippen LogP contribution < -0.4 is 19.5 Å². The van der Waals surface area contributed by atoms with Crippen LogP contribution in [0.2, 0.25) is 0 Å². The Hall–Kier alpha value is -2.75. The SMILES string of the molecule is CCOc1cc(/C=C2\SC(=Nc3cc(C)ccc3OC)NC2=O)cc(Br)c1OCc1ccc(Br)cc1. The third-order valence-electron chi connectivity index (χ3n) is 5.13. The Morgan fingerprint density at radius 2 is 1.81 bits per heavy atom. The number of nitrogens with zero attached hydrogens (tertiary/aromatic N) is 1. The highest BCUT2D eigenvalue weighted by Gasteiger charge is 2.25. The van der Waals surface area contributed by atoms with Crippen molar-refractivity contribution < 1.29 is 19.0 Å². The van der Waals surface area contributed by atoms with Crippen molar-refractivity contribution in [1.82, 2.24) is 5.32 Å². The fraction of sp³-hybridized carbons (Fsp3) is 0.185. The van der Waals surface area contributed by atoms with Crippen molar-refractivity contribution in [2.75, 3.05) is 13.7 Å². The summed E-state index contributed by atoms with van der Waals surface area (Å²) in [6.07, 6.45) is 1.81. The molecule has 3 aromatic rings. The lowest BCUT2D eigenvalue weighted by Gasteiger charge is -2.15. The molecule has 0 radical (unpaired) electrons. The van der Waals surface area contributed by atoms with E-state index in [2.05, 4.69) is 42.2 Å². The molecule has 0 atom stereocenters. The number of aryl methyl sites for hydroxylation is 1. The van der Waals surface area contributed by atoms with Crippen LogP contribution in [0, 0.1) is 6.92 Å². The van der Waals surface area contributed by atoms with Gasteiger partial charge in [0.1, 0.15) is 18.0 Å². The lowest BCUT2D eigenvalue weighted by atomic mass is 10.1. The van der Waals surface area contributed by atoms with Gasteiger partial charge in [-0.15, -0.1) is 0 Å². The average Bonchev–Trinajstić information content (AvgIpc) is 3.18. The Labute approximate surface area is 231 Å². The summed E-state index contributed by atoms with van der Waals surface area (Å²) in [4.78, 5) is 17.8. The third-order valence-corrected chi connectivity index (χ3v) is 7.16. The summed E-state index contributed by atoms with van der Waals surface area (Å²) >= 11 is 8.33. The van der Waals surface area contributed by atoms with Crippen LogP contribution in [-0.4, -0.2) is 24.8 Å². The minimum absolute atomic E-state index is 0.213. The van der Waals surface area contributed by atoms with Gasteiger partial charge in [0.15, 0.2) is 16.7 Å². The summed E-state index contributed by atoms with van der Waals surface area (Å²) in [5, 5.41) is 3.32. The number of thioether (sulfide) groups is 1. The maximum absolute atomic E-state index is 12.7. The molecule has 0 bridgehead atoms. The van der Waals surface area contributed by atoms with E-state index in [1.165, 1.54) is 11.8 Å². The van der Waals surface area contributed by atoms with E-state index in [1.807, 2.05) is 74.5 Å². The third kappa shape index (κ3) is 6.52. The van der Waals surface area contributed by atoms with E-state index >= 15 is 0 Å². The number of hydrogen-bond acceptors (Lipinski definition) is 6. The van der Waals surface area contributed by atoms with Crippen LogP contribution in [0.3, 0.4) is 0 Å². The molecule has 4 rings (SSSR count). The fourth-order valence-electron chi connectivity index (χ4n) is 3.44. The number of rotatable bonds is 8. The summed E-state index contributed by atoms with van der Waals surface area (Å²) < 4.78 is 19.1. The van der Waals surface area contributed by atoms with Gasteiger partial charge in [-0.1, -0.05) is 34.1 Å². The highest BCUT2D eigenvalue weighted by atomic mass is 79.9. The Balaban J connectivity index is 1.57. The predicted octanol–water partition coefficient (Wildman–Crippen LogP) is 7.40. The number of hydrogen-bond donors (Lipinski definition) is 1. The number of nitrogens with one attached hydrogen (secondary N) is 1. The Kier molecular flexibility index (Phi) is 8.77. The second-order valence-electron chi connectivity index (χ2n) is 7.84. The molecule has 1 aliphatic heterocycles. The largest absolute Gasteiger partial charge is 0.494 e. The molecule has 0 aromatic heterocycles. The smallest absolute Gasteiger partial charge is 0.264 e. The molecule has 3 aromatic carbocycles. The van der Waals surface area contributed by atoms with Crippen LogP contribution in [-0.2, 0) is 11.4 Å². The van der Waals surface area contributed by atoms with Crippen molar-refractivity contribution in [1.29, 1.82) is 0 Å². The molecular formula is C27H24Br2N2O4S. The molecule has 0 saturated carbocycles. The predicted molar refractivity (Wildman–Crippen MR) is 152 cm³/mol. The van der Waals surface area contributed by atoms with E-state index in [0.29, 0.717) is 46.2 Å². The molecule has 9 heteroatoms. The quantitative estimate of drug-likeness (QED) is 0.262. The number of halogens is 2. The first-order valence-electron chi connectivity index (χ1n) is 11.1. The van der Waals surface area contributed by atoms with Crippen LogP contribution in [0.15, 0.2) is 73.4 Å². The number of aliphatic imine (C=N–C) groups is 1.